The molecule has 11 heavy (non-hydrogen) atoms. The summed E-state index contributed by atoms with van der Waals surface area (Å²) in [5, 5.41) is 8.17. The molecule has 0 atom stereocenters. The molecular formula is C7H14O4. The molecule has 0 aliphatic carbocycles. The average Bonchev–Trinajstić information content (AvgIpc) is 1.86. The van der Waals surface area contributed by atoms with Crippen LogP contribution in [0.3, 0.4) is 0 Å². The van der Waals surface area contributed by atoms with Crippen molar-refractivity contribution in [2.45, 2.75) is 20.8 Å². The van der Waals surface area contributed by atoms with Gasteiger partial charge >= 0.3 is 5.97 Å². The van der Waals surface area contributed by atoms with Crippen LogP contribution in [-0.2, 0) is 14.3 Å². The highest BCUT2D eigenvalue weighted by Gasteiger charge is 2.22. The fourth-order valence-electron chi connectivity index (χ4n) is 0.349. The van der Waals surface area contributed by atoms with Crippen LogP contribution in [0.4, 0.5) is 0 Å². The van der Waals surface area contributed by atoms with Gasteiger partial charge in [0, 0.05) is 0 Å². The lowest BCUT2D eigenvalue weighted by molar-refractivity contribution is -0.172. The molecule has 0 fully saturated rings. The maximum Gasteiger partial charge on any atom is 0.313 e. The van der Waals surface area contributed by atoms with Crippen LogP contribution in [0.15, 0.2) is 0 Å². The Hall–Kier alpha value is -0.610. The van der Waals surface area contributed by atoms with Crippen molar-refractivity contribution < 1.29 is 19.4 Å². The molecule has 0 aliphatic heterocycles. The van der Waals surface area contributed by atoms with Crippen LogP contribution in [0, 0.1) is 5.41 Å². The molecule has 0 aromatic heterocycles. The Morgan fingerprint density at radius 1 is 1.45 bits per heavy atom. The van der Waals surface area contributed by atoms with Crippen LogP contribution in [0.2, 0.25) is 0 Å². The van der Waals surface area contributed by atoms with Gasteiger partial charge in [-0.25, -0.2) is 0 Å². The average molecular weight is 162 g/mol. The van der Waals surface area contributed by atoms with E-state index in [4.69, 9.17) is 5.11 Å². The van der Waals surface area contributed by atoms with Gasteiger partial charge in [-0.15, -0.1) is 0 Å². The van der Waals surface area contributed by atoms with E-state index < -0.39 is 12.2 Å². The number of hydrogen-bond acceptors (Lipinski definition) is 4. The number of rotatable bonds is 3. The maximum atomic E-state index is 11.0. The topological polar surface area (TPSA) is 55.8 Å². The van der Waals surface area contributed by atoms with Gasteiger partial charge in [-0.3, -0.25) is 4.79 Å². The van der Waals surface area contributed by atoms with Crippen molar-refractivity contribution in [3.63, 3.8) is 0 Å². The zero-order valence-electron chi connectivity index (χ0n) is 7.09. The molecule has 0 radical (unpaired) electrons. The number of esters is 1. The van der Waals surface area contributed by atoms with Crippen molar-refractivity contribution >= 4 is 5.97 Å². The monoisotopic (exact) mass is 162 g/mol. The lowest BCUT2D eigenvalue weighted by Crippen LogP contribution is -2.24. The van der Waals surface area contributed by atoms with Gasteiger partial charge in [0.15, 0.2) is 6.79 Å². The second kappa shape index (κ2) is 4.31. The van der Waals surface area contributed by atoms with Crippen LogP contribution in [0.25, 0.3) is 0 Å². The van der Waals surface area contributed by atoms with E-state index in [1.807, 2.05) is 0 Å². The Bertz CT molecular complexity index is 125. The quantitative estimate of drug-likeness (QED) is 0.373. The minimum atomic E-state index is -0.515. The summed E-state index contributed by atoms with van der Waals surface area (Å²) < 4.78 is 9.04. The molecule has 0 bridgehead atoms. The first-order valence-electron chi connectivity index (χ1n) is 3.34. The number of hydrogen-bond donors (Lipinski definition) is 1. The summed E-state index contributed by atoms with van der Waals surface area (Å²) in [6, 6.07) is 0. The lowest BCUT2D eigenvalue weighted by Gasteiger charge is -2.15. The van der Waals surface area contributed by atoms with Crippen molar-refractivity contribution in [2.75, 3.05) is 13.6 Å². The zero-order valence-corrected chi connectivity index (χ0v) is 7.09. The molecule has 0 saturated heterocycles. The van der Waals surface area contributed by atoms with E-state index in [1.54, 1.807) is 20.8 Å². The Kier molecular flexibility index (Phi) is 4.07. The van der Waals surface area contributed by atoms with E-state index in [9.17, 15) is 4.79 Å². The molecule has 0 rings (SSSR count). The molecule has 4 heteroatoms. The summed E-state index contributed by atoms with van der Waals surface area (Å²) in [6.45, 7) is 4.61. The largest absolute Gasteiger partial charge is 0.438 e. The molecule has 0 aromatic rings. The van der Waals surface area contributed by atoms with Crippen LogP contribution in [0.5, 0.6) is 0 Å². The summed E-state index contributed by atoms with van der Waals surface area (Å²) >= 11 is 0. The highest BCUT2D eigenvalue weighted by Crippen LogP contribution is 2.14. The SMILES string of the molecule is CC(C)(C)C(=O)OCOCO. The third-order valence-electron chi connectivity index (χ3n) is 0.977. The smallest absolute Gasteiger partial charge is 0.313 e. The first kappa shape index (κ1) is 10.4. The fraction of sp³-hybridized carbons (Fsp3) is 0.857. The zero-order chi connectivity index (χ0) is 8.91. The number of aliphatic hydroxyl groups excluding tert-OH is 1. The molecule has 0 saturated carbocycles. The van der Waals surface area contributed by atoms with E-state index in [0.717, 1.165) is 0 Å². The molecule has 0 aromatic carbocycles. The molecule has 1 N–H and O–H groups in total. The van der Waals surface area contributed by atoms with Gasteiger partial charge in [-0.1, -0.05) is 0 Å². The molecule has 4 nitrogen and oxygen atoms in total. The van der Waals surface area contributed by atoms with E-state index in [-0.39, 0.29) is 12.8 Å². The molecule has 0 spiro atoms. The number of ether oxygens (including phenoxy) is 2. The van der Waals surface area contributed by atoms with Gasteiger partial charge in [0.25, 0.3) is 0 Å². The van der Waals surface area contributed by atoms with E-state index in [2.05, 4.69) is 9.47 Å². The van der Waals surface area contributed by atoms with Gasteiger partial charge in [0.2, 0.25) is 0 Å². The molecule has 0 heterocycles. The van der Waals surface area contributed by atoms with Crippen LogP contribution in [0.1, 0.15) is 20.8 Å². The van der Waals surface area contributed by atoms with Crippen molar-refractivity contribution in [2.24, 2.45) is 5.41 Å². The molecule has 0 aliphatic rings. The standard InChI is InChI=1S/C7H14O4/c1-7(2,3)6(9)11-5-10-4-8/h8H,4-5H2,1-3H3. The Morgan fingerprint density at radius 3 is 2.36 bits per heavy atom. The second-order valence-electron chi connectivity index (χ2n) is 3.13. The van der Waals surface area contributed by atoms with Crippen LogP contribution in [-0.4, -0.2) is 24.7 Å². The maximum absolute atomic E-state index is 11.0. The summed E-state index contributed by atoms with van der Waals surface area (Å²) in [5.41, 5.74) is -0.515. The van der Waals surface area contributed by atoms with Crippen LogP contribution >= 0.6 is 0 Å². The van der Waals surface area contributed by atoms with Crippen LogP contribution < -0.4 is 0 Å². The highest BCUT2D eigenvalue weighted by molar-refractivity contribution is 5.75. The summed E-state index contributed by atoms with van der Waals surface area (Å²) in [4.78, 5) is 11.0. The van der Waals surface area contributed by atoms with E-state index in [1.165, 1.54) is 0 Å². The van der Waals surface area contributed by atoms with E-state index >= 15 is 0 Å². The first-order chi connectivity index (χ1) is 4.98. The van der Waals surface area contributed by atoms with Gasteiger partial charge in [0.1, 0.15) is 6.79 Å². The van der Waals surface area contributed by atoms with Gasteiger partial charge in [0.05, 0.1) is 5.41 Å². The Morgan fingerprint density at radius 2 is 2.00 bits per heavy atom. The predicted molar refractivity (Wildman–Crippen MR) is 38.6 cm³/mol. The third-order valence-corrected chi connectivity index (χ3v) is 0.977. The van der Waals surface area contributed by atoms with E-state index in [0.29, 0.717) is 0 Å². The number of carbonyl (C=O) groups is 1. The molecule has 0 unspecified atom stereocenters. The second-order valence-corrected chi connectivity index (χ2v) is 3.13. The van der Waals surface area contributed by atoms with Crippen molar-refractivity contribution in [1.29, 1.82) is 0 Å². The lowest BCUT2D eigenvalue weighted by atomic mass is 9.98. The number of carbonyl (C=O) groups excluding carboxylic acids is 1. The molecule has 0 amide bonds. The van der Waals surface area contributed by atoms with Gasteiger partial charge in [-0.05, 0) is 20.8 Å². The first-order valence-corrected chi connectivity index (χ1v) is 3.34. The fourth-order valence-corrected chi connectivity index (χ4v) is 0.349. The van der Waals surface area contributed by atoms with Crippen molar-refractivity contribution in [3.8, 4) is 0 Å². The van der Waals surface area contributed by atoms with Crippen molar-refractivity contribution in [1.82, 2.24) is 0 Å². The summed E-state index contributed by atoms with van der Waals surface area (Å²) in [7, 11) is 0. The Labute approximate surface area is 66.1 Å². The summed E-state index contributed by atoms with van der Waals surface area (Å²) in [5.74, 6) is -0.342. The minimum absolute atomic E-state index is 0.188. The Balaban J connectivity index is 3.54. The van der Waals surface area contributed by atoms with Gasteiger partial charge in [-0.2, -0.15) is 0 Å². The highest BCUT2D eigenvalue weighted by atomic mass is 16.7. The predicted octanol–water partition coefficient (Wildman–Crippen LogP) is 0.500. The normalized spacial score (nSPS) is 11.3. The summed E-state index contributed by atoms with van der Waals surface area (Å²) in [6.07, 6.45) is 0. The molecule has 66 valence electrons. The molecular weight excluding hydrogens is 148 g/mol. The minimum Gasteiger partial charge on any atom is -0.438 e. The van der Waals surface area contributed by atoms with Crippen molar-refractivity contribution in [3.05, 3.63) is 0 Å². The van der Waals surface area contributed by atoms with Gasteiger partial charge < -0.3 is 14.6 Å². The third kappa shape index (κ3) is 4.75. The number of aliphatic hydroxyl groups is 1.